The van der Waals surface area contributed by atoms with Crippen molar-refractivity contribution in [3.8, 4) is 11.4 Å². The van der Waals surface area contributed by atoms with E-state index in [0.29, 0.717) is 22.0 Å². The van der Waals surface area contributed by atoms with Crippen LogP contribution in [0.4, 0.5) is 0 Å². The fraction of sp³-hybridized carbons (Fsp3) is 0.400. The highest BCUT2D eigenvalue weighted by molar-refractivity contribution is 7.99. The first-order chi connectivity index (χ1) is 11.1. The van der Waals surface area contributed by atoms with Gasteiger partial charge in [-0.3, -0.25) is 4.79 Å². The highest BCUT2D eigenvalue weighted by Crippen LogP contribution is 2.24. The smallest absolute Gasteiger partial charge is 0.230 e. The first-order valence-corrected chi connectivity index (χ1v) is 8.88. The van der Waals surface area contributed by atoms with Crippen LogP contribution < -0.4 is 11.2 Å². The molecule has 0 saturated heterocycles. The highest BCUT2D eigenvalue weighted by Gasteiger charge is 2.18. The van der Waals surface area contributed by atoms with Gasteiger partial charge < -0.3 is 11.2 Å². The maximum atomic E-state index is 12.0. The van der Waals surface area contributed by atoms with Crippen LogP contribution >= 0.6 is 23.4 Å². The summed E-state index contributed by atoms with van der Waals surface area (Å²) in [5.74, 6) is 6.84. The van der Waals surface area contributed by atoms with E-state index in [0.717, 1.165) is 18.4 Å². The van der Waals surface area contributed by atoms with Crippen LogP contribution in [0.1, 0.15) is 25.7 Å². The van der Waals surface area contributed by atoms with E-state index < -0.39 is 0 Å². The van der Waals surface area contributed by atoms with Crippen molar-refractivity contribution in [1.29, 1.82) is 0 Å². The number of amides is 1. The summed E-state index contributed by atoms with van der Waals surface area (Å²) in [5.41, 5.74) is 0.787. The second-order valence-corrected chi connectivity index (χ2v) is 6.90. The number of rotatable bonds is 5. The molecule has 1 aliphatic carbocycles. The molecule has 2 aromatic rings. The number of benzene rings is 1. The molecule has 1 aromatic heterocycles. The minimum absolute atomic E-state index is 0.00852. The lowest BCUT2D eigenvalue weighted by atomic mass is 10.2. The number of nitrogen functional groups attached to an aromatic ring is 1. The van der Waals surface area contributed by atoms with Crippen LogP contribution in [-0.2, 0) is 4.79 Å². The van der Waals surface area contributed by atoms with Crippen LogP contribution in [0, 0.1) is 0 Å². The fourth-order valence-electron chi connectivity index (χ4n) is 2.67. The first kappa shape index (κ1) is 16.1. The van der Waals surface area contributed by atoms with Crippen LogP contribution in [0.25, 0.3) is 11.4 Å². The molecule has 1 heterocycles. The molecule has 0 atom stereocenters. The van der Waals surface area contributed by atoms with Gasteiger partial charge in [0, 0.05) is 16.6 Å². The normalized spacial score (nSPS) is 15.0. The van der Waals surface area contributed by atoms with Crippen molar-refractivity contribution < 1.29 is 4.79 Å². The molecule has 0 unspecified atom stereocenters. The SMILES string of the molecule is Nn1c(SCC(=O)NC2CCCC2)nnc1-c1cccc(Cl)c1. The van der Waals surface area contributed by atoms with Crippen molar-refractivity contribution in [2.24, 2.45) is 0 Å². The molecule has 0 aliphatic heterocycles. The van der Waals surface area contributed by atoms with E-state index in [1.807, 2.05) is 12.1 Å². The summed E-state index contributed by atoms with van der Waals surface area (Å²) < 4.78 is 1.39. The van der Waals surface area contributed by atoms with Crippen molar-refractivity contribution in [2.75, 3.05) is 11.6 Å². The maximum Gasteiger partial charge on any atom is 0.230 e. The Morgan fingerprint density at radius 3 is 2.91 bits per heavy atom. The number of aromatic nitrogens is 3. The zero-order valence-corrected chi connectivity index (χ0v) is 14.1. The number of halogens is 1. The molecule has 1 fully saturated rings. The lowest BCUT2D eigenvalue weighted by Gasteiger charge is -2.11. The van der Waals surface area contributed by atoms with E-state index in [4.69, 9.17) is 17.4 Å². The zero-order valence-electron chi connectivity index (χ0n) is 12.5. The van der Waals surface area contributed by atoms with Crippen LogP contribution in [-0.4, -0.2) is 32.6 Å². The lowest BCUT2D eigenvalue weighted by molar-refractivity contribution is -0.119. The molecule has 1 aromatic carbocycles. The molecular formula is C15H18ClN5OS. The fourth-order valence-corrected chi connectivity index (χ4v) is 3.53. The Morgan fingerprint density at radius 2 is 2.17 bits per heavy atom. The molecule has 122 valence electrons. The summed E-state index contributed by atoms with van der Waals surface area (Å²) in [6, 6.07) is 7.57. The summed E-state index contributed by atoms with van der Waals surface area (Å²) in [4.78, 5) is 12.0. The van der Waals surface area contributed by atoms with Crippen LogP contribution in [0.3, 0.4) is 0 Å². The quantitative estimate of drug-likeness (QED) is 0.638. The van der Waals surface area contributed by atoms with Gasteiger partial charge in [0.05, 0.1) is 5.75 Å². The molecule has 3 rings (SSSR count). The maximum absolute atomic E-state index is 12.0. The van der Waals surface area contributed by atoms with Crippen molar-refractivity contribution in [3.63, 3.8) is 0 Å². The molecule has 0 spiro atoms. The van der Waals surface area contributed by atoms with E-state index in [-0.39, 0.29) is 11.7 Å². The molecular weight excluding hydrogens is 334 g/mol. The van der Waals surface area contributed by atoms with E-state index in [9.17, 15) is 4.79 Å². The van der Waals surface area contributed by atoms with Gasteiger partial charge in [0.1, 0.15) is 0 Å². The van der Waals surface area contributed by atoms with Crippen LogP contribution in [0.5, 0.6) is 0 Å². The van der Waals surface area contributed by atoms with Gasteiger partial charge in [-0.25, -0.2) is 4.68 Å². The Hall–Kier alpha value is -1.73. The number of hydrogen-bond acceptors (Lipinski definition) is 5. The van der Waals surface area contributed by atoms with Gasteiger partial charge in [-0.05, 0) is 25.0 Å². The van der Waals surface area contributed by atoms with Crippen molar-refractivity contribution in [3.05, 3.63) is 29.3 Å². The minimum atomic E-state index is 0.00852. The number of thioether (sulfide) groups is 1. The molecule has 0 radical (unpaired) electrons. The molecule has 3 N–H and O–H groups in total. The molecule has 1 aliphatic rings. The van der Waals surface area contributed by atoms with Gasteiger partial charge in [0.15, 0.2) is 5.82 Å². The van der Waals surface area contributed by atoms with Gasteiger partial charge in [0.2, 0.25) is 11.1 Å². The number of nitrogens with one attached hydrogen (secondary N) is 1. The topological polar surface area (TPSA) is 85.8 Å². The summed E-state index contributed by atoms with van der Waals surface area (Å²) in [5, 5.41) is 12.3. The van der Waals surface area contributed by atoms with Gasteiger partial charge in [0.25, 0.3) is 0 Å². The van der Waals surface area contributed by atoms with Gasteiger partial charge in [-0.1, -0.05) is 48.3 Å². The second-order valence-electron chi connectivity index (χ2n) is 5.52. The standard InChI is InChI=1S/C15H18ClN5OS/c16-11-5-3-4-10(8-11)14-19-20-15(21(14)17)23-9-13(22)18-12-6-1-2-7-12/h3-5,8,12H,1-2,6-7,9,17H2,(H,18,22). The Bertz CT molecular complexity index is 699. The zero-order chi connectivity index (χ0) is 16.2. The van der Waals surface area contributed by atoms with Gasteiger partial charge >= 0.3 is 0 Å². The second kappa shape index (κ2) is 7.23. The van der Waals surface area contributed by atoms with E-state index in [2.05, 4.69) is 15.5 Å². The number of carbonyl (C=O) groups is 1. The third-order valence-electron chi connectivity index (χ3n) is 3.80. The first-order valence-electron chi connectivity index (χ1n) is 7.52. The number of carbonyl (C=O) groups excluding carboxylic acids is 1. The summed E-state index contributed by atoms with van der Waals surface area (Å²) in [6.07, 6.45) is 4.53. The van der Waals surface area contributed by atoms with Crippen LogP contribution in [0.15, 0.2) is 29.4 Å². The van der Waals surface area contributed by atoms with Gasteiger partial charge in [-0.2, -0.15) is 0 Å². The average Bonchev–Trinajstić information content (AvgIpc) is 3.15. The molecule has 23 heavy (non-hydrogen) atoms. The number of nitrogens with two attached hydrogens (primary N) is 1. The number of nitrogens with zero attached hydrogens (tertiary/aromatic N) is 3. The number of hydrogen-bond donors (Lipinski definition) is 2. The summed E-state index contributed by atoms with van der Waals surface area (Å²) >= 11 is 7.26. The van der Waals surface area contributed by atoms with E-state index >= 15 is 0 Å². The van der Waals surface area contributed by atoms with Crippen molar-refractivity contribution in [1.82, 2.24) is 20.2 Å². The van der Waals surface area contributed by atoms with Crippen molar-refractivity contribution >= 4 is 29.3 Å². The molecule has 8 heteroatoms. The third-order valence-corrected chi connectivity index (χ3v) is 4.98. The Morgan fingerprint density at radius 1 is 1.39 bits per heavy atom. The third kappa shape index (κ3) is 3.97. The molecule has 6 nitrogen and oxygen atoms in total. The Labute approximate surface area is 143 Å². The van der Waals surface area contributed by atoms with E-state index in [1.54, 1.807) is 12.1 Å². The molecule has 0 bridgehead atoms. The van der Waals surface area contributed by atoms with Crippen molar-refractivity contribution in [2.45, 2.75) is 36.9 Å². The lowest BCUT2D eigenvalue weighted by Crippen LogP contribution is -2.34. The predicted molar refractivity (Wildman–Crippen MR) is 91.7 cm³/mol. The Balaban J connectivity index is 1.62. The predicted octanol–water partition coefficient (Wildman–Crippen LogP) is 2.46. The largest absolute Gasteiger partial charge is 0.353 e. The average molecular weight is 352 g/mol. The van der Waals surface area contributed by atoms with Crippen LogP contribution in [0.2, 0.25) is 5.02 Å². The summed E-state index contributed by atoms with van der Waals surface area (Å²) in [6.45, 7) is 0. The minimum Gasteiger partial charge on any atom is -0.353 e. The monoisotopic (exact) mass is 351 g/mol. The van der Waals surface area contributed by atoms with Gasteiger partial charge in [-0.15, -0.1) is 10.2 Å². The summed E-state index contributed by atoms with van der Waals surface area (Å²) in [7, 11) is 0. The molecule has 1 amide bonds. The molecule has 1 saturated carbocycles. The van der Waals surface area contributed by atoms with E-state index in [1.165, 1.54) is 29.3 Å². The highest BCUT2D eigenvalue weighted by atomic mass is 35.5. The Kier molecular flexibility index (Phi) is 5.07.